The molecular weight excluding hydrogens is 234 g/mol. The third kappa shape index (κ3) is 3.79. The van der Waals surface area contributed by atoms with Crippen molar-refractivity contribution >= 4 is 10.8 Å². The molecule has 0 spiro atoms. The van der Waals surface area contributed by atoms with E-state index in [4.69, 9.17) is 4.74 Å². The van der Waals surface area contributed by atoms with E-state index in [1.165, 1.54) is 16.3 Å². The fourth-order valence-corrected chi connectivity index (χ4v) is 2.56. The minimum Gasteiger partial charge on any atom is -0.385 e. The Morgan fingerprint density at radius 3 is 2.68 bits per heavy atom. The lowest BCUT2D eigenvalue weighted by atomic mass is 9.97. The van der Waals surface area contributed by atoms with Gasteiger partial charge in [0.1, 0.15) is 0 Å². The molecule has 102 valence electrons. The van der Waals surface area contributed by atoms with Crippen molar-refractivity contribution in [1.82, 2.24) is 5.32 Å². The number of hydrogen-bond donors (Lipinski definition) is 1. The Morgan fingerprint density at radius 1 is 1.11 bits per heavy atom. The predicted octanol–water partition coefficient (Wildman–Crippen LogP) is 3.40. The van der Waals surface area contributed by atoms with E-state index in [2.05, 4.69) is 47.8 Å². The first-order chi connectivity index (χ1) is 9.35. The van der Waals surface area contributed by atoms with Gasteiger partial charge in [-0.3, -0.25) is 0 Å². The van der Waals surface area contributed by atoms with Crippen LogP contribution < -0.4 is 5.32 Å². The van der Waals surface area contributed by atoms with Crippen molar-refractivity contribution in [2.45, 2.75) is 25.3 Å². The van der Waals surface area contributed by atoms with Gasteiger partial charge in [-0.15, -0.1) is 0 Å². The van der Waals surface area contributed by atoms with Crippen molar-refractivity contribution in [1.29, 1.82) is 0 Å². The Kier molecular flexibility index (Phi) is 5.37. The quantitative estimate of drug-likeness (QED) is 0.768. The van der Waals surface area contributed by atoms with Gasteiger partial charge < -0.3 is 10.1 Å². The molecule has 0 heterocycles. The molecule has 0 radical (unpaired) electrons. The Balaban J connectivity index is 2.10. The third-order valence-electron chi connectivity index (χ3n) is 3.66. The molecule has 0 fully saturated rings. The molecule has 0 saturated heterocycles. The molecule has 19 heavy (non-hydrogen) atoms. The van der Waals surface area contributed by atoms with Crippen LogP contribution in [0.4, 0.5) is 0 Å². The first kappa shape index (κ1) is 14.0. The number of rotatable bonds is 7. The molecule has 0 aliphatic rings. The van der Waals surface area contributed by atoms with Gasteiger partial charge in [0.25, 0.3) is 0 Å². The number of methoxy groups -OCH3 is 1. The molecule has 1 unspecified atom stereocenters. The van der Waals surface area contributed by atoms with Gasteiger partial charge in [-0.05, 0) is 42.6 Å². The molecule has 2 aromatic rings. The van der Waals surface area contributed by atoms with E-state index in [0.29, 0.717) is 6.04 Å². The second kappa shape index (κ2) is 7.27. The molecule has 1 N–H and O–H groups in total. The predicted molar refractivity (Wildman–Crippen MR) is 81.6 cm³/mol. The molecular formula is C17H23NO. The van der Waals surface area contributed by atoms with Crippen LogP contribution in [0, 0.1) is 0 Å². The molecule has 0 aromatic heterocycles. The van der Waals surface area contributed by atoms with Crippen molar-refractivity contribution in [2.24, 2.45) is 0 Å². The van der Waals surface area contributed by atoms with Crippen LogP contribution in [0.2, 0.25) is 0 Å². The lowest BCUT2D eigenvalue weighted by molar-refractivity contribution is 0.189. The molecule has 0 aliphatic heterocycles. The standard InChI is InChI=1S/C17H23NO/c1-18-16(10-6-12-19-2)13-15-9-5-8-14-7-3-4-11-17(14)15/h3-5,7-9,11,16,18H,6,10,12-13H2,1-2H3. The highest BCUT2D eigenvalue weighted by Gasteiger charge is 2.09. The van der Waals surface area contributed by atoms with Crippen LogP contribution in [0.5, 0.6) is 0 Å². The number of likely N-dealkylation sites (N-methyl/N-ethyl adjacent to an activating group) is 1. The van der Waals surface area contributed by atoms with E-state index in [1.54, 1.807) is 7.11 Å². The first-order valence-electron chi connectivity index (χ1n) is 6.98. The SMILES string of the molecule is CNC(CCCOC)Cc1cccc2ccccc12. The zero-order chi connectivity index (χ0) is 13.5. The van der Waals surface area contributed by atoms with E-state index >= 15 is 0 Å². The van der Waals surface area contributed by atoms with Gasteiger partial charge in [0, 0.05) is 19.8 Å². The highest BCUT2D eigenvalue weighted by atomic mass is 16.5. The molecule has 0 aliphatic carbocycles. The summed E-state index contributed by atoms with van der Waals surface area (Å²) in [4.78, 5) is 0. The van der Waals surface area contributed by atoms with Crippen molar-refractivity contribution in [3.05, 3.63) is 48.0 Å². The summed E-state index contributed by atoms with van der Waals surface area (Å²) in [7, 11) is 3.81. The van der Waals surface area contributed by atoms with Gasteiger partial charge >= 0.3 is 0 Å². The Labute approximate surface area is 115 Å². The molecule has 0 amide bonds. The van der Waals surface area contributed by atoms with E-state index in [1.807, 2.05) is 7.05 Å². The monoisotopic (exact) mass is 257 g/mol. The van der Waals surface area contributed by atoms with Gasteiger partial charge in [-0.25, -0.2) is 0 Å². The van der Waals surface area contributed by atoms with Crippen LogP contribution in [0.15, 0.2) is 42.5 Å². The van der Waals surface area contributed by atoms with E-state index in [0.717, 1.165) is 25.9 Å². The number of benzene rings is 2. The van der Waals surface area contributed by atoms with Crippen LogP contribution in [0.1, 0.15) is 18.4 Å². The number of hydrogen-bond acceptors (Lipinski definition) is 2. The smallest absolute Gasteiger partial charge is 0.0462 e. The summed E-state index contributed by atoms with van der Waals surface area (Å²) in [5, 5.41) is 6.12. The van der Waals surface area contributed by atoms with Gasteiger partial charge in [0.15, 0.2) is 0 Å². The summed E-state index contributed by atoms with van der Waals surface area (Å²) in [5.41, 5.74) is 1.43. The second-order valence-electron chi connectivity index (χ2n) is 4.96. The lowest BCUT2D eigenvalue weighted by Crippen LogP contribution is -2.27. The normalized spacial score (nSPS) is 12.7. The molecule has 2 nitrogen and oxygen atoms in total. The minimum atomic E-state index is 0.515. The molecule has 2 heteroatoms. The Hall–Kier alpha value is -1.38. The highest BCUT2D eigenvalue weighted by molar-refractivity contribution is 5.85. The molecule has 0 saturated carbocycles. The number of nitrogens with one attached hydrogen (secondary N) is 1. The number of ether oxygens (including phenoxy) is 1. The average Bonchev–Trinajstić information content (AvgIpc) is 2.46. The summed E-state index contributed by atoms with van der Waals surface area (Å²) < 4.78 is 5.13. The summed E-state index contributed by atoms with van der Waals surface area (Å²) in [6, 6.07) is 15.7. The maximum atomic E-state index is 5.13. The molecule has 1 atom stereocenters. The number of fused-ring (bicyclic) bond motifs is 1. The third-order valence-corrected chi connectivity index (χ3v) is 3.66. The first-order valence-corrected chi connectivity index (χ1v) is 6.98. The van der Waals surface area contributed by atoms with Gasteiger partial charge in [0.2, 0.25) is 0 Å². The van der Waals surface area contributed by atoms with Crippen molar-refractivity contribution in [2.75, 3.05) is 20.8 Å². The van der Waals surface area contributed by atoms with Crippen LogP contribution in [0.25, 0.3) is 10.8 Å². The van der Waals surface area contributed by atoms with Crippen molar-refractivity contribution < 1.29 is 4.74 Å². The van der Waals surface area contributed by atoms with Crippen molar-refractivity contribution in [3.8, 4) is 0 Å². The van der Waals surface area contributed by atoms with Crippen molar-refractivity contribution in [3.63, 3.8) is 0 Å². The van der Waals surface area contributed by atoms with Gasteiger partial charge in [-0.1, -0.05) is 42.5 Å². The van der Waals surface area contributed by atoms with Crippen LogP contribution in [-0.4, -0.2) is 26.8 Å². The summed E-state index contributed by atoms with van der Waals surface area (Å²) in [6.45, 7) is 0.841. The molecule has 2 rings (SSSR count). The largest absolute Gasteiger partial charge is 0.385 e. The van der Waals surface area contributed by atoms with E-state index in [-0.39, 0.29) is 0 Å². The maximum Gasteiger partial charge on any atom is 0.0462 e. The molecule has 0 bridgehead atoms. The summed E-state index contributed by atoms with van der Waals surface area (Å²) in [6.07, 6.45) is 3.32. The van der Waals surface area contributed by atoms with Gasteiger partial charge in [-0.2, -0.15) is 0 Å². The highest BCUT2D eigenvalue weighted by Crippen LogP contribution is 2.20. The topological polar surface area (TPSA) is 21.3 Å². The Bertz CT molecular complexity index is 504. The fraction of sp³-hybridized carbons (Fsp3) is 0.412. The average molecular weight is 257 g/mol. The second-order valence-corrected chi connectivity index (χ2v) is 4.96. The Morgan fingerprint density at radius 2 is 1.89 bits per heavy atom. The van der Waals surface area contributed by atoms with Gasteiger partial charge in [0.05, 0.1) is 0 Å². The van der Waals surface area contributed by atoms with E-state index in [9.17, 15) is 0 Å². The van der Waals surface area contributed by atoms with Crippen LogP contribution in [-0.2, 0) is 11.2 Å². The van der Waals surface area contributed by atoms with Crippen LogP contribution >= 0.6 is 0 Å². The summed E-state index contributed by atoms with van der Waals surface area (Å²) >= 11 is 0. The van der Waals surface area contributed by atoms with Crippen LogP contribution in [0.3, 0.4) is 0 Å². The van der Waals surface area contributed by atoms with E-state index < -0.39 is 0 Å². The zero-order valence-electron chi connectivity index (χ0n) is 11.9. The molecule has 2 aromatic carbocycles. The zero-order valence-corrected chi connectivity index (χ0v) is 11.9. The summed E-state index contributed by atoms with van der Waals surface area (Å²) in [5.74, 6) is 0. The fourth-order valence-electron chi connectivity index (χ4n) is 2.56. The lowest BCUT2D eigenvalue weighted by Gasteiger charge is -2.17. The maximum absolute atomic E-state index is 5.13. The minimum absolute atomic E-state index is 0.515.